The van der Waals surface area contributed by atoms with Gasteiger partial charge in [-0.15, -0.1) is 6.58 Å². The molecule has 0 aromatic carbocycles. The van der Waals surface area contributed by atoms with Crippen molar-refractivity contribution in [3.05, 3.63) is 12.7 Å². The summed E-state index contributed by atoms with van der Waals surface area (Å²) in [6.07, 6.45) is 2.23. The first-order valence-electron chi connectivity index (χ1n) is 7.91. The summed E-state index contributed by atoms with van der Waals surface area (Å²) >= 11 is 0. The van der Waals surface area contributed by atoms with Gasteiger partial charge in [-0.05, 0) is 32.2 Å². The van der Waals surface area contributed by atoms with E-state index in [1.54, 1.807) is 6.08 Å². The molecule has 0 aromatic rings. The highest BCUT2D eigenvalue weighted by Gasteiger charge is 2.60. The van der Waals surface area contributed by atoms with Crippen LogP contribution in [-0.4, -0.2) is 36.3 Å². The van der Waals surface area contributed by atoms with Gasteiger partial charge in [-0.3, -0.25) is 4.79 Å². The number of rotatable bonds is 4. The third kappa shape index (κ3) is 3.45. The highest BCUT2D eigenvalue weighted by molar-refractivity contribution is 6.80. The molecule has 1 rings (SSSR count). The maximum atomic E-state index is 12.6. The van der Waals surface area contributed by atoms with Gasteiger partial charge in [0.2, 0.25) is 5.91 Å². The largest absolute Gasteiger partial charge is 0.458 e. The average molecular weight is 326 g/mol. The van der Waals surface area contributed by atoms with Gasteiger partial charge in [-0.2, -0.15) is 0 Å². The van der Waals surface area contributed by atoms with Crippen LogP contribution in [0.3, 0.4) is 0 Å². The van der Waals surface area contributed by atoms with E-state index in [9.17, 15) is 9.59 Å². The number of hydrogen-bond donors (Lipinski definition) is 0. The zero-order valence-electron chi connectivity index (χ0n) is 15.3. The Labute approximate surface area is 136 Å². The second kappa shape index (κ2) is 5.83. The van der Waals surface area contributed by atoms with Gasteiger partial charge >= 0.3 is 5.97 Å². The van der Waals surface area contributed by atoms with Crippen LogP contribution in [0.15, 0.2) is 12.7 Å². The van der Waals surface area contributed by atoms with E-state index in [1.165, 1.54) is 0 Å². The van der Waals surface area contributed by atoms with Crippen LogP contribution >= 0.6 is 0 Å². The molecule has 1 heterocycles. The number of nitrogens with zero attached hydrogens (tertiary/aromatic N) is 1. The van der Waals surface area contributed by atoms with E-state index in [4.69, 9.17) is 4.74 Å². The van der Waals surface area contributed by atoms with E-state index in [0.717, 1.165) is 0 Å². The van der Waals surface area contributed by atoms with Crippen LogP contribution in [-0.2, 0) is 14.3 Å². The summed E-state index contributed by atoms with van der Waals surface area (Å²) in [6, 6.07) is -0.467. The fourth-order valence-electron chi connectivity index (χ4n) is 2.57. The minimum absolute atomic E-state index is 0.0118. The zero-order valence-corrected chi connectivity index (χ0v) is 16.3. The Morgan fingerprint density at radius 3 is 2.14 bits per heavy atom. The van der Waals surface area contributed by atoms with Crippen LogP contribution in [0, 0.1) is 5.92 Å². The number of carbonyl (C=O) groups is 2. The minimum atomic E-state index is -2.11. The lowest BCUT2D eigenvalue weighted by molar-refractivity contribution is -0.175. The molecule has 0 aliphatic carbocycles. The van der Waals surface area contributed by atoms with Crippen LogP contribution < -0.4 is 0 Å². The molecule has 22 heavy (non-hydrogen) atoms. The molecular weight excluding hydrogens is 294 g/mol. The standard InChI is InChI=1S/C17H31NO3Si/c1-10-11-12-13(15(20)21-16(2,3)4)18(14(12)19)22(8,9)17(5,6)7/h10,12-13H,1,11H2,2-9H3/t12-,13+/m1/s1. The van der Waals surface area contributed by atoms with Crippen molar-refractivity contribution in [1.82, 2.24) is 4.57 Å². The Bertz CT molecular complexity index is 471. The Hall–Kier alpha value is -1.10. The summed E-state index contributed by atoms with van der Waals surface area (Å²) in [5.41, 5.74) is -0.548. The van der Waals surface area contributed by atoms with Crippen molar-refractivity contribution in [1.29, 1.82) is 0 Å². The smallest absolute Gasteiger partial charge is 0.329 e. The van der Waals surface area contributed by atoms with E-state index >= 15 is 0 Å². The van der Waals surface area contributed by atoms with Gasteiger partial charge < -0.3 is 9.30 Å². The van der Waals surface area contributed by atoms with Crippen molar-refractivity contribution in [3.8, 4) is 0 Å². The maximum absolute atomic E-state index is 12.6. The van der Waals surface area contributed by atoms with Crippen LogP contribution in [0.25, 0.3) is 0 Å². The summed E-state index contributed by atoms with van der Waals surface area (Å²) in [4.78, 5) is 25.3. The van der Waals surface area contributed by atoms with E-state index in [0.29, 0.717) is 6.42 Å². The van der Waals surface area contributed by atoms with Crippen LogP contribution in [0.2, 0.25) is 18.1 Å². The number of ether oxygens (including phenoxy) is 1. The summed E-state index contributed by atoms with van der Waals surface area (Å²) in [5.74, 6) is -0.535. The first kappa shape index (κ1) is 18.9. The molecule has 2 atom stereocenters. The van der Waals surface area contributed by atoms with Gasteiger partial charge in [0.1, 0.15) is 11.6 Å². The average Bonchev–Trinajstić information content (AvgIpc) is 2.28. The normalized spacial score (nSPS) is 23.1. The molecule has 1 fully saturated rings. The monoisotopic (exact) mass is 325 g/mol. The molecule has 1 saturated heterocycles. The van der Waals surface area contributed by atoms with E-state index in [2.05, 4.69) is 40.4 Å². The first-order chi connectivity index (χ1) is 9.74. The molecule has 1 aliphatic heterocycles. The SMILES string of the molecule is C=CC[C@H]1C(=O)N([Si](C)(C)C(C)(C)C)[C@@H]1C(=O)OC(C)(C)C. The van der Waals surface area contributed by atoms with Crippen molar-refractivity contribution in [3.63, 3.8) is 0 Å². The molecule has 1 aliphatic rings. The second-order valence-corrected chi connectivity index (χ2v) is 13.7. The minimum Gasteiger partial charge on any atom is -0.458 e. The summed E-state index contributed by atoms with van der Waals surface area (Å²) < 4.78 is 7.40. The highest BCUT2D eigenvalue weighted by atomic mass is 28.3. The van der Waals surface area contributed by atoms with Crippen LogP contribution in [0.5, 0.6) is 0 Å². The molecule has 0 aromatic heterocycles. The number of β-lactam (4-membered cyclic amide) rings is 1. The number of hydrogen-bond acceptors (Lipinski definition) is 3. The molecule has 0 radical (unpaired) electrons. The number of allylic oxidation sites excluding steroid dienone is 1. The molecule has 1 amide bonds. The maximum Gasteiger partial charge on any atom is 0.329 e. The highest BCUT2D eigenvalue weighted by Crippen LogP contribution is 2.46. The van der Waals surface area contributed by atoms with Crippen LogP contribution in [0.1, 0.15) is 48.0 Å². The van der Waals surface area contributed by atoms with Gasteiger partial charge in [0.15, 0.2) is 8.24 Å². The number of amides is 1. The predicted octanol–water partition coefficient (Wildman–Crippen LogP) is 3.74. The predicted molar refractivity (Wildman–Crippen MR) is 92.0 cm³/mol. The van der Waals surface area contributed by atoms with E-state index in [1.807, 2.05) is 25.3 Å². The molecule has 126 valence electrons. The second-order valence-electron chi connectivity index (χ2n) is 8.63. The Kier molecular flexibility index (Phi) is 5.02. The molecule has 5 heteroatoms. The van der Waals surface area contributed by atoms with Crippen molar-refractivity contribution in [2.75, 3.05) is 0 Å². The fraction of sp³-hybridized carbons (Fsp3) is 0.765. The summed E-state index contributed by atoms with van der Waals surface area (Å²) in [5, 5.41) is -0.0118. The van der Waals surface area contributed by atoms with Gasteiger partial charge in [-0.1, -0.05) is 39.9 Å². The third-order valence-electron chi connectivity index (χ3n) is 4.72. The molecule has 0 unspecified atom stereocenters. The first-order valence-corrected chi connectivity index (χ1v) is 10.9. The molecule has 4 nitrogen and oxygen atoms in total. The lowest BCUT2D eigenvalue weighted by Crippen LogP contribution is -2.75. The summed E-state index contributed by atoms with van der Waals surface area (Å²) in [6.45, 7) is 20.0. The molecule has 0 bridgehead atoms. The Balaban J connectivity index is 3.13. The Morgan fingerprint density at radius 2 is 1.77 bits per heavy atom. The lowest BCUT2D eigenvalue weighted by atomic mass is 9.87. The van der Waals surface area contributed by atoms with Crippen LogP contribution in [0.4, 0.5) is 0 Å². The van der Waals surface area contributed by atoms with E-state index < -0.39 is 19.9 Å². The number of carbonyl (C=O) groups excluding carboxylic acids is 2. The summed E-state index contributed by atoms with van der Waals surface area (Å²) in [7, 11) is -2.11. The van der Waals surface area contributed by atoms with Crippen molar-refractivity contribution >= 4 is 20.1 Å². The molecular formula is C17H31NO3Si. The third-order valence-corrected chi connectivity index (χ3v) is 10.1. The van der Waals surface area contributed by atoms with Gasteiger partial charge in [0.25, 0.3) is 0 Å². The van der Waals surface area contributed by atoms with Gasteiger partial charge in [0, 0.05) is 0 Å². The zero-order chi connectivity index (χ0) is 17.5. The van der Waals surface area contributed by atoms with E-state index in [-0.39, 0.29) is 22.8 Å². The lowest BCUT2D eigenvalue weighted by Gasteiger charge is -2.57. The van der Waals surface area contributed by atoms with Crippen molar-refractivity contribution in [2.24, 2.45) is 5.92 Å². The van der Waals surface area contributed by atoms with Gasteiger partial charge in [-0.25, -0.2) is 4.79 Å². The molecule has 0 saturated carbocycles. The topological polar surface area (TPSA) is 46.6 Å². The van der Waals surface area contributed by atoms with Crippen molar-refractivity contribution in [2.45, 2.75) is 77.7 Å². The van der Waals surface area contributed by atoms with Gasteiger partial charge in [0.05, 0.1) is 5.92 Å². The number of esters is 1. The molecule has 0 N–H and O–H groups in total. The fourth-order valence-corrected chi connectivity index (χ4v) is 4.99. The van der Waals surface area contributed by atoms with Crippen molar-refractivity contribution < 1.29 is 14.3 Å². The molecule has 0 spiro atoms. The Morgan fingerprint density at radius 1 is 1.27 bits per heavy atom. The quantitative estimate of drug-likeness (QED) is 0.342.